The molecular formula is C16H24FN3O2S. The van der Waals surface area contributed by atoms with Crippen LogP contribution in [-0.4, -0.2) is 39.0 Å². The maximum absolute atomic E-state index is 13.3. The summed E-state index contributed by atoms with van der Waals surface area (Å²) in [5, 5.41) is 6.34. The lowest BCUT2D eigenvalue weighted by Gasteiger charge is -2.14. The first-order chi connectivity index (χ1) is 10.9. The summed E-state index contributed by atoms with van der Waals surface area (Å²) in [5.41, 5.74) is 1.54. The Bertz CT molecular complexity index is 674. The van der Waals surface area contributed by atoms with Gasteiger partial charge in [0.25, 0.3) is 0 Å². The zero-order chi connectivity index (χ0) is 16.9. The van der Waals surface area contributed by atoms with Crippen molar-refractivity contribution in [2.75, 3.05) is 24.6 Å². The second-order valence-electron chi connectivity index (χ2n) is 5.93. The Labute approximate surface area is 137 Å². The van der Waals surface area contributed by atoms with E-state index in [1.807, 2.05) is 6.92 Å². The van der Waals surface area contributed by atoms with Gasteiger partial charge in [0.2, 0.25) is 0 Å². The Hall–Kier alpha value is -1.63. The predicted molar refractivity (Wildman–Crippen MR) is 90.7 cm³/mol. The number of benzene rings is 1. The summed E-state index contributed by atoms with van der Waals surface area (Å²) in [6.07, 6.45) is 0.700. The number of aryl methyl sites for hydroxylation is 1. The number of aliphatic imine (C=N–C) groups is 1. The highest BCUT2D eigenvalue weighted by Gasteiger charge is 2.27. The average Bonchev–Trinajstić information content (AvgIpc) is 2.85. The van der Waals surface area contributed by atoms with Gasteiger partial charge in [-0.15, -0.1) is 0 Å². The fourth-order valence-electron chi connectivity index (χ4n) is 2.59. The number of sulfone groups is 1. The third-order valence-corrected chi connectivity index (χ3v) is 5.71. The summed E-state index contributed by atoms with van der Waals surface area (Å²) in [6.45, 7) is 5.45. The molecule has 128 valence electrons. The van der Waals surface area contributed by atoms with E-state index >= 15 is 0 Å². The number of nitrogens with zero attached hydrogens (tertiary/aromatic N) is 1. The molecule has 0 spiro atoms. The van der Waals surface area contributed by atoms with Gasteiger partial charge in [-0.2, -0.15) is 0 Å². The third-order valence-electron chi connectivity index (χ3n) is 3.87. The molecule has 1 fully saturated rings. The Balaban J connectivity index is 1.93. The van der Waals surface area contributed by atoms with Crippen LogP contribution >= 0.6 is 0 Å². The van der Waals surface area contributed by atoms with Gasteiger partial charge in [0.1, 0.15) is 5.82 Å². The summed E-state index contributed by atoms with van der Waals surface area (Å²) in [4.78, 5) is 4.47. The molecule has 1 aromatic carbocycles. The normalized spacial score (nSPS) is 20.5. The number of rotatable bonds is 5. The first kappa shape index (κ1) is 17.7. The van der Waals surface area contributed by atoms with E-state index < -0.39 is 9.84 Å². The molecule has 0 aromatic heterocycles. The first-order valence-corrected chi connectivity index (χ1v) is 9.69. The van der Waals surface area contributed by atoms with Gasteiger partial charge < -0.3 is 10.6 Å². The Kier molecular flexibility index (Phi) is 5.98. The molecule has 0 saturated carbocycles. The van der Waals surface area contributed by atoms with Gasteiger partial charge in [-0.05, 0) is 43.4 Å². The summed E-state index contributed by atoms with van der Waals surface area (Å²) < 4.78 is 36.2. The van der Waals surface area contributed by atoms with E-state index in [0.717, 1.165) is 12.1 Å². The van der Waals surface area contributed by atoms with Gasteiger partial charge in [-0.1, -0.05) is 12.1 Å². The largest absolute Gasteiger partial charge is 0.357 e. The molecule has 7 heteroatoms. The van der Waals surface area contributed by atoms with Gasteiger partial charge in [0.05, 0.1) is 18.1 Å². The molecule has 0 radical (unpaired) electrons. The van der Waals surface area contributed by atoms with Crippen molar-refractivity contribution in [3.63, 3.8) is 0 Å². The molecule has 2 rings (SSSR count). The highest BCUT2D eigenvalue weighted by Crippen LogP contribution is 2.17. The topological polar surface area (TPSA) is 70.6 Å². The van der Waals surface area contributed by atoms with E-state index in [1.165, 1.54) is 6.07 Å². The molecule has 5 nitrogen and oxygen atoms in total. The Morgan fingerprint density at radius 3 is 2.78 bits per heavy atom. The lowest BCUT2D eigenvalue weighted by molar-refractivity contribution is 0.567. The van der Waals surface area contributed by atoms with Crippen molar-refractivity contribution in [1.29, 1.82) is 0 Å². The molecule has 1 saturated heterocycles. The van der Waals surface area contributed by atoms with Gasteiger partial charge in [-0.3, -0.25) is 0 Å². The predicted octanol–water partition coefficient (Wildman–Crippen LogP) is 1.62. The van der Waals surface area contributed by atoms with Crippen molar-refractivity contribution >= 4 is 15.8 Å². The average molecular weight is 341 g/mol. The second kappa shape index (κ2) is 7.77. The van der Waals surface area contributed by atoms with Crippen molar-refractivity contribution in [3.8, 4) is 0 Å². The van der Waals surface area contributed by atoms with Crippen LogP contribution < -0.4 is 10.6 Å². The quantitative estimate of drug-likeness (QED) is 0.631. The van der Waals surface area contributed by atoms with E-state index in [-0.39, 0.29) is 23.2 Å². The maximum atomic E-state index is 13.3. The SMILES string of the molecule is CCNC(=NCc1ccc(F)c(C)c1)NCC1CCS(=O)(=O)C1. The minimum Gasteiger partial charge on any atom is -0.357 e. The van der Waals surface area contributed by atoms with Crippen LogP contribution in [0, 0.1) is 18.7 Å². The molecule has 1 heterocycles. The van der Waals surface area contributed by atoms with Crippen LogP contribution in [0.1, 0.15) is 24.5 Å². The number of hydrogen-bond donors (Lipinski definition) is 2. The highest BCUT2D eigenvalue weighted by atomic mass is 32.2. The first-order valence-electron chi connectivity index (χ1n) is 7.87. The summed E-state index contributed by atoms with van der Waals surface area (Å²) in [5.74, 6) is 1.10. The van der Waals surface area contributed by atoms with E-state index in [0.29, 0.717) is 31.0 Å². The molecule has 1 aliphatic rings. The van der Waals surface area contributed by atoms with Crippen molar-refractivity contribution in [2.45, 2.75) is 26.8 Å². The molecule has 1 atom stereocenters. The molecule has 0 bridgehead atoms. The Morgan fingerprint density at radius 1 is 1.39 bits per heavy atom. The van der Waals surface area contributed by atoms with Gasteiger partial charge in [0, 0.05) is 13.1 Å². The van der Waals surface area contributed by atoms with Crippen LogP contribution in [0.2, 0.25) is 0 Å². The van der Waals surface area contributed by atoms with E-state index in [9.17, 15) is 12.8 Å². The van der Waals surface area contributed by atoms with Gasteiger partial charge in [0.15, 0.2) is 15.8 Å². The molecule has 2 N–H and O–H groups in total. The van der Waals surface area contributed by atoms with Crippen molar-refractivity contribution in [1.82, 2.24) is 10.6 Å². The van der Waals surface area contributed by atoms with Gasteiger partial charge in [-0.25, -0.2) is 17.8 Å². The monoisotopic (exact) mass is 341 g/mol. The molecular weight excluding hydrogens is 317 g/mol. The van der Waals surface area contributed by atoms with E-state index in [1.54, 1.807) is 19.1 Å². The number of guanidine groups is 1. The van der Waals surface area contributed by atoms with Crippen LogP contribution in [0.25, 0.3) is 0 Å². The number of halogens is 1. The fourth-order valence-corrected chi connectivity index (χ4v) is 4.45. The zero-order valence-electron chi connectivity index (χ0n) is 13.6. The minimum absolute atomic E-state index is 0.136. The smallest absolute Gasteiger partial charge is 0.191 e. The van der Waals surface area contributed by atoms with Crippen LogP contribution in [0.3, 0.4) is 0 Å². The van der Waals surface area contributed by atoms with Crippen LogP contribution in [0.4, 0.5) is 4.39 Å². The van der Waals surface area contributed by atoms with Crippen LogP contribution in [-0.2, 0) is 16.4 Å². The maximum Gasteiger partial charge on any atom is 0.191 e. The van der Waals surface area contributed by atoms with Crippen LogP contribution in [0.5, 0.6) is 0 Å². The van der Waals surface area contributed by atoms with E-state index in [2.05, 4.69) is 15.6 Å². The molecule has 1 aliphatic heterocycles. The van der Waals surface area contributed by atoms with Gasteiger partial charge >= 0.3 is 0 Å². The zero-order valence-corrected chi connectivity index (χ0v) is 14.4. The summed E-state index contributed by atoms with van der Waals surface area (Å²) in [6, 6.07) is 4.95. The fraction of sp³-hybridized carbons (Fsp3) is 0.562. The molecule has 1 unspecified atom stereocenters. The number of hydrogen-bond acceptors (Lipinski definition) is 3. The molecule has 0 aliphatic carbocycles. The van der Waals surface area contributed by atoms with E-state index in [4.69, 9.17) is 0 Å². The standard InChI is InChI=1S/C16H24FN3O2S/c1-3-18-16(20-10-14-6-7-23(21,22)11-14)19-9-13-4-5-15(17)12(2)8-13/h4-5,8,14H,3,6-7,9-11H2,1-2H3,(H2,18,19,20). The van der Waals surface area contributed by atoms with Crippen molar-refractivity contribution in [2.24, 2.45) is 10.9 Å². The van der Waals surface area contributed by atoms with Crippen molar-refractivity contribution in [3.05, 3.63) is 35.1 Å². The summed E-state index contributed by atoms with van der Waals surface area (Å²) in [7, 11) is -2.86. The summed E-state index contributed by atoms with van der Waals surface area (Å²) >= 11 is 0. The lowest BCUT2D eigenvalue weighted by atomic mass is 10.1. The third kappa shape index (κ3) is 5.49. The molecule has 23 heavy (non-hydrogen) atoms. The highest BCUT2D eigenvalue weighted by molar-refractivity contribution is 7.91. The Morgan fingerprint density at radius 2 is 2.17 bits per heavy atom. The molecule has 1 aromatic rings. The lowest BCUT2D eigenvalue weighted by Crippen LogP contribution is -2.40. The number of nitrogens with one attached hydrogen (secondary N) is 2. The van der Waals surface area contributed by atoms with Crippen molar-refractivity contribution < 1.29 is 12.8 Å². The minimum atomic E-state index is -2.86. The molecule has 0 amide bonds. The van der Waals surface area contributed by atoms with Crippen LogP contribution in [0.15, 0.2) is 23.2 Å². The second-order valence-corrected chi connectivity index (χ2v) is 8.16.